The van der Waals surface area contributed by atoms with Crippen molar-refractivity contribution in [3.05, 3.63) is 339 Å². The second-order valence-electron chi connectivity index (χ2n) is 34.6. The third-order valence-corrected chi connectivity index (χ3v) is 21.9. The van der Waals surface area contributed by atoms with Gasteiger partial charge in [-0.3, -0.25) is 4.98 Å². The lowest BCUT2D eigenvalue weighted by Crippen LogP contribution is -2.09. The zero-order valence-electron chi connectivity index (χ0n) is 76.6. The third-order valence-electron chi connectivity index (χ3n) is 21.9. The number of nitriles is 1. The minimum Gasteiger partial charge on any atom is -0.496 e. The number of nitrogens with zero attached hydrogens (tertiary/aromatic N) is 2. The third kappa shape index (κ3) is 27.9. The number of methoxy groups -OCH3 is 1. The zero-order valence-corrected chi connectivity index (χ0v) is 76.6. The van der Waals surface area contributed by atoms with Gasteiger partial charge in [-0.2, -0.15) is 5.26 Å². The minimum atomic E-state index is -0.335. The van der Waals surface area contributed by atoms with E-state index in [4.69, 9.17) is 10.00 Å². The monoisotopic (exact) mass is 1550 g/mol. The number of aryl methyl sites for hydroxylation is 12. The summed E-state index contributed by atoms with van der Waals surface area (Å²) in [5, 5.41) is 15.5. The van der Waals surface area contributed by atoms with E-state index in [0.29, 0.717) is 52.9 Å². The molecule has 0 fully saturated rings. The van der Waals surface area contributed by atoms with Gasteiger partial charge >= 0.3 is 0 Å². The molecule has 11 aromatic carbocycles. The Kier molecular flexibility index (Phi) is 38.7. The van der Waals surface area contributed by atoms with E-state index in [9.17, 15) is 8.78 Å². The van der Waals surface area contributed by atoms with E-state index in [1.807, 2.05) is 53.0 Å². The van der Waals surface area contributed by atoms with Crippen LogP contribution in [0.3, 0.4) is 0 Å². The van der Waals surface area contributed by atoms with Gasteiger partial charge in [-0.15, -0.1) is 0 Å². The minimum absolute atomic E-state index is 0.130. The first-order valence-electron chi connectivity index (χ1n) is 42.4. The first kappa shape index (κ1) is 96.1. The molecule has 3 nitrogen and oxygen atoms in total. The fraction of sp³-hybridized carbons (Fsp3) is 0.400. The standard InChI is InChI=1S/C14H20O.C14H16.C13H15N.C13H14.C12H18.C11H12FN.C11H15F.2C11H16/c1-10(2)11-8-9-14(15-3)13-7-5-4-6-12(11)13;1-10(2)14-11(3)8-9-12-6-4-5-7-13(12)14;1-9(2)12-10(3)6-7-11-5-4-8-14-13(11)12;1-10(2)12-9-5-7-11-6-3-4-8-13(11)12;1-8(2)12-10(4)6-9(3)7-11(12)5;1-7(2)11-8(3)4-10(12)5-9(11)6-13;1-7(2)11-8(3)5-10(12)6-9(11)4;1-8(2)11-6-5-9(3)7-10(11)4;1-8(2)11-9(3)6-5-7-10(11)4/h8-10H,4-7H2,1-3H3;4-10H,1-3H3;4-9H,1-3H3;3-10H,1-2H3;6-8H,1-5H3;4-5,7H,1-3H3;5-7H,1-4H3;2*5-8H,1-4H3. The van der Waals surface area contributed by atoms with Crippen LogP contribution in [0.4, 0.5) is 8.78 Å². The number of pyridine rings is 1. The lowest BCUT2D eigenvalue weighted by Gasteiger charge is -2.23. The summed E-state index contributed by atoms with van der Waals surface area (Å²) in [5.74, 6) is 5.67. The van der Waals surface area contributed by atoms with Crippen molar-refractivity contribution < 1.29 is 13.5 Å². The summed E-state index contributed by atoms with van der Waals surface area (Å²) < 4.78 is 31.2. The molecule has 0 saturated carbocycles. The van der Waals surface area contributed by atoms with Gasteiger partial charge in [-0.05, 0) is 337 Å². The maximum atomic E-state index is 12.9. The molecular weight excluding hydrogens is 1400 g/mol. The Morgan fingerprint density at radius 2 is 0.704 bits per heavy atom. The average Bonchev–Trinajstić information content (AvgIpc) is 0.804. The summed E-state index contributed by atoms with van der Waals surface area (Å²) in [5.41, 5.74) is 32.7. The fourth-order valence-electron chi connectivity index (χ4n) is 17.3. The van der Waals surface area contributed by atoms with Gasteiger partial charge in [0, 0.05) is 11.6 Å². The number of hydrogen-bond donors (Lipinski definition) is 0. The molecule has 0 saturated heterocycles. The molecule has 1 aliphatic rings. The molecule has 0 spiro atoms. The Bertz CT molecular complexity index is 4900. The highest BCUT2D eigenvalue weighted by Crippen LogP contribution is 2.37. The van der Waals surface area contributed by atoms with Crippen molar-refractivity contribution in [1.82, 2.24) is 4.98 Å². The highest BCUT2D eigenvalue weighted by molar-refractivity contribution is 5.88. The Balaban J connectivity index is 0.000000231. The van der Waals surface area contributed by atoms with E-state index >= 15 is 0 Å². The van der Waals surface area contributed by atoms with Crippen molar-refractivity contribution in [1.29, 1.82) is 5.26 Å². The van der Waals surface area contributed by atoms with E-state index in [2.05, 4.69) is 336 Å². The predicted octanol–water partition coefficient (Wildman–Crippen LogP) is 32.9. The van der Waals surface area contributed by atoms with Crippen molar-refractivity contribution in [2.75, 3.05) is 7.11 Å². The zero-order chi connectivity index (χ0) is 85.8. The van der Waals surface area contributed by atoms with Crippen LogP contribution in [0.2, 0.25) is 0 Å². The molecule has 115 heavy (non-hydrogen) atoms. The molecule has 13 rings (SSSR count). The Labute approximate surface area is 696 Å². The van der Waals surface area contributed by atoms with Crippen molar-refractivity contribution in [3.8, 4) is 11.8 Å². The molecule has 612 valence electrons. The quantitative estimate of drug-likeness (QED) is 0.137. The summed E-state index contributed by atoms with van der Waals surface area (Å²) in [6, 6.07) is 66.6. The number of ether oxygens (including phenoxy) is 1. The lowest BCUT2D eigenvalue weighted by molar-refractivity contribution is 0.405. The van der Waals surface area contributed by atoms with Gasteiger partial charge in [0.15, 0.2) is 0 Å². The number of aromatic nitrogens is 1. The van der Waals surface area contributed by atoms with E-state index in [1.54, 1.807) is 24.8 Å². The van der Waals surface area contributed by atoms with Crippen LogP contribution in [0.1, 0.15) is 324 Å². The van der Waals surface area contributed by atoms with Crippen LogP contribution in [0.5, 0.6) is 5.75 Å². The summed E-state index contributed by atoms with van der Waals surface area (Å²) >= 11 is 0. The van der Waals surface area contributed by atoms with Crippen LogP contribution in [0, 0.1) is 106 Å². The molecule has 0 aliphatic heterocycles. The predicted molar refractivity (Wildman–Crippen MR) is 500 cm³/mol. The average molecular weight is 1550 g/mol. The molecule has 1 aliphatic carbocycles. The van der Waals surface area contributed by atoms with E-state index in [0.717, 1.165) is 33.5 Å². The molecule has 0 bridgehead atoms. The molecule has 0 unspecified atom stereocenters. The van der Waals surface area contributed by atoms with Gasteiger partial charge in [0.1, 0.15) is 17.4 Å². The maximum absolute atomic E-state index is 12.9. The van der Waals surface area contributed by atoms with Crippen LogP contribution in [-0.2, 0) is 12.8 Å². The van der Waals surface area contributed by atoms with E-state index in [-0.39, 0.29) is 17.6 Å². The number of benzene rings is 11. The topological polar surface area (TPSA) is 45.9 Å². The van der Waals surface area contributed by atoms with Crippen molar-refractivity contribution in [2.24, 2.45) is 0 Å². The van der Waals surface area contributed by atoms with Gasteiger partial charge in [-0.25, -0.2) is 8.78 Å². The second kappa shape index (κ2) is 46.3. The smallest absolute Gasteiger partial charge is 0.124 e. The highest BCUT2D eigenvalue weighted by atomic mass is 19.1. The summed E-state index contributed by atoms with van der Waals surface area (Å²) in [6.07, 6.45) is 6.94. The van der Waals surface area contributed by atoms with Gasteiger partial charge in [0.2, 0.25) is 0 Å². The SMILES string of the molecule is CC(C)c1cccc2ccccc12.COc1ccc(C(C)C)c2c1CCCC2.Cc1cc(C)c(C(C)C)c(C)c1.Cc1cc(F)cc(C#N)c1C(C)C.Cc1cc(F)cc(C)c1C(C)C.Cc1ccc(C(C)C)c(C)c1.Cc1ccc2ccccc2c1C(C)C.Cc1ccc2cccnc2c1C(C)C.Cc1cccc(C)c1C(C)C. The molecule has 0 amide bonds. The maximum Gasteiger partial charge on any atom is 0.124 e. The molecule has 0 atom stereocenters. The Hall–Kier alpha value is -9.50. The van der Waals surface area contributed by atoms with Crippen LogP contribution >= 0.6 is 0 Å². The van der Waals surface area contributed by atoms with Crippen LogP contribution in [-0.4, -0.2) is 12.1 Å². The van der Waals surface area contributed by atoms with Gasteiger partial charge in [0.25, 0.3) is 0 Å². The molecule has 5 heteroatoms. The van der Waals surface area contributed by atoms with Crippen molar-refractivity contribution >= 4 is 32.4 Å². The normalized spacial score (nSPS) is 11.4. The number of hydrogen-bond acceptors (Lipinski definition) is 3. The second-order valence-corrected chi connectivity index (χ2v) is 34.6. The largest absolute Gasteiger partial charge is 0.496 e. The molecule has 1 aromatic heterocycles. The molecule has 1 heterocycles. The van der Waals surface area contributed by atoms with Crippen molar-refractivity contribution in [3.63, 3.8) is 0 Å². The number of rotatable bonds is 10. The van der Waals surface area contributed by atoms with Crippen LogP contribution in [0.25, 0.3) is 32.4 Å². The Morgan fingerprint density at radius 3 is 1.18 bits per heavy atom. The van der Waals surface area contributed by atoms with Gasteiger partial charge < -0.3 is 4.74 Å². The van der Waals surface area contributed by atoms with Gasteiger partial charge in [-0.1, -0.05) is 287 Å². The van der Waals surface area contributed by atoms with E-state index in [1.165, 1.54) is 165 Å². The molecule has 12 aromatic rings. The molecular formula is C110H142F2N2O. The van der Waals surface area contributed by atoms with Gasteiger partial charge in [0.05, 0.1) is 24.3 Å². The first-order chi connectivity index (χ1) is 54.3. The molecule has 0 radical (unpaired) electrons. The summed E-state index contributed by atoms with van der Waals surface area (Å²) in [6.45, 7) is 65.1. The molecule has 0 N–H and O–H groups in total. The van der Waals surface area contributed by atoms with Crippen LogP contribution in [0.15, 0.2) is 194 Å². The van der Waals surface area contributed by atoms with E-state index < -0.39 is 0 Å². The number of fused-ring (bicyclic) bond motifs is 4. The summed E-state index contributed by atoms with van der Waals surface area (Å²) in [7, 11) is 1.78. The fourth-order valence-corrected chi connectivity index (χ4v) is 17.3. The lowest BCUT2D eigenvalue weighted by atomic mass is 9.84. The highest BCUT2D eigenvalue weighted by Gasteiger charge is 2.20. The first-order valence-corrected chi connectivity index (χ1v) is 42.4. The van der Waals surface area contributed by atoms with Crippen LogP contribution < -0.4 is 4.74 Å². The Morgan fingerprint density at radius 1 is 0.313 bits per heavy atom. The van der Waals surface area contributed by atoms with Crippen molar-refractivity contribution in [2.45, 2.75) is 287 Å². The number of halogens is 2. The summed E-state index contributed by atoms with van der Waals surface area (Å²) in [4.78, 5) is 4.46.